The van der Waals surface area contributed by atoms with Crippen LogP contribution in [0.15, 0.2) is 48.5 Å². The second-order valence-electron chi connectivity index (χ2n) is 7.19. The number of thioether (sulfide) groups is 1. The van der Waals surface area contributed by atoms with Crippen molar-refractivity contribution in [1.29, 1.82) is 0 Å². The average Bonchev–Trinajstić information content (AvgIpc) is 3.16. The third-order valence-corrected chi connectivity index (χ3v) is 6.23. The third-order valence-electron chi connectivity index (χ3n) is 4.91. The maximum absolute atomic E-state index is 13.3. The molecule has 2 amide bonds. The van der Waals surface area contributed by atoms with Crippen molar-refractivity contribution in [3.63, 3.8) is 0 Å². The molecular formula is C22H23F3N2O2S. The summed E-state index contributed by atoms with van der Waals surface area (Å²) < 4.78 is 38.8. The molecule has 3 rings (SSSR count). The van der Waals surface area contributed by atoms with E-state index >= 15 is 0 Å². The minimum atomic E-state index is -4.43. The van der Waals surface area contributed by atoms with E-state index in [2.05, 4.69) is 5.32 Å². The van der Waals surface area contributed by atoms with Gasteiger partial charge in [-0.05, 0) is 43.2 Å². The monoisotopic (exact) mass is 436 g/mol. The van der Waals surface area contributed by atoms with E-state index in [0.29, 0.717) is 23.4 Å². The van der Waals surface area contributed by atoms with Crippen LogP contribution in [0.2, 0.25) is 0 Å². The summed E-state index contributed by atoms with van der Waals surface area (Å²) in [6.07, 6.45) is -3.67. The molecule has 0 radical (unpaired) electrons. The Morgan fingerprint density at radius 2 is 1.73 bits per heavy atom. The van der Waals surface area contributed by atoms with Crippen LogP contribution in [0.5, 0.6) is 0 Å². The van der Waals surface area contributed by atoms with Crippen LogP contribution in [0.3, 0.4) is 0 Å². The number of aryl methyl sites for hydroxylation is 1. The molecule has 2 atom stereocenters. The lowest BCUT2D eigenvalue weighted by atomic mass is 10.1. The van der Waals surface area contributed by atoms with Gasteiger partial charge in [0.15, 0.2) is 0 Å². The van der Waals surface area contributed by atoms with Crippen molar-refractivity contribution < 1.29 is 22.8 Å². The number of alkyl halides is 3. The number of nitrogens with one attached hydrogen (secondary N) is 1. The number of nitrogens with zero attached hydrogens (tertiary/aromatic N) is 1. The highest BCUT2D eigenvalue weighted by Crippen LogP contribution is 2.43. The number of amides is 2. The standard InChI is InChI=1S/C22H23F3N2O2S/c1-3-12-26-19(28)18-13-30-21(16-8-10-17(11-9-16)22(23,24)25)27(18)20(29)15-6-4-14(2)5-7-15/h4-11,18,21H,3,12-13H2,1-2H3,(H,26,28). The predicted octanol–water partition coefficient (Wildman–Crippen LogP) is 4.80. The Labute approximate surface area is 177 Å². The fraction of sp³-hybridized carbons (Fsp3) is 0.364. The van der Waals surface area contributed by atoms with Gasteiger partial charge < -0.3 is 10.2 Å². The van der Waals surface area contributed by atoms with E-state index in [1.807, 2.05) is 26.0 Å². The normalized spacial score (nSPS) is 19.0. The number of benzene rings is 2. The first-order valence-electron chi connectivity index (χ1n) is 9.68. The number of hydrogen-bond donors (Lipinski definition) is 1. The molecule has 2 aromatic carbocycles. The molecule has 2 aromatic rings. The Morgan fingerprint density at radius 1 is 1.10 bits per heavy atom. The first-order valence-corrected chi connectivity index (χ1v) is 10.7. The largest absolute Gasteiger partial charge is 0.416 e. The van der Waals surface area contributed by atoms with E-state index in [-0.39, 0.29) is 11.8 Å². The van der Waals surface area contributed by atoms with Crippen molar-refractivity contribution >= 4 is 23.6 Å². The van der Waals surface area contributed by atoms with Gasteiger partial charge in [0.05, 0.1) is 5.56 Å². The second-order valence-corrected chi connectivity index (χ2v) is 8.30. The fourth-order valence-electron chi connectivity index (χ4n) is 3.26. The van der Waals surface area contributed by atoms with E-state index in [0.717, 1.165) is 24.1 Å². The number of carbonyl (C=O) groups excluding carboxylic acids is 2. The molecule has 30 heavy (non-hydrogen) atoms. The van der Waals surface area contributed by atoms with E-state index in [4.69, 9.17) is 0 Å². The van der Waals surface area contributed by atoms with Gasteiger partial charge in [0.1, 0.15) is 11.4 Å². The summed E-state index contributed by atoms with van der Waals surface area (Å²) in [7, 11) is 0. The second kappa shape index (κ2) is 9.12. The summed E-state index contributed by atoms with van der Waals surface area (Å²) in [5.41, 5.74) is 1.24. The lowest BCUT2D eigenvalue weighted by Crippen LogP contribution is -2.48. The molecule has 0 saturated carbocycles. The van der Waals surface area contributed by atoms with Gasteiger partial charge in [-0.1, -0.05) is 36.8 Å². The van der Waals surface area contributed by atoms with E-state index in [1.165, 1.54) is 28.8 Å². The zero-order valence-corrected chi connectivity index (χ0v) is 17.5. The molecule has 160 valence electrons. The van der Waals surface area contributed by atoms with Gasteiger partial charge >= 0.3 is 6.18 Å². The van der Waals surface area contributed by atoms with E-state index < -0.39 is 23.2 Å². The molecule has 0 spiro atoms. The number of rotatable bonds is 5. The van der Waals surface area contributed by atoms with Crippen molar-refractivity contribution in [1.82, 2.24) is 10.2 Å². The first kappa shape index (κ1) is 22.2. The molecule has 0 aromatic heterocycles. The summed E-state index contributed by atoms with van der Waals surface area (Å²) in [5, 5.41) is 2.28. The van der Waals surface area contributed by atoms with Crippen LogP contribution >= 0.6 is 11.8 Å². The minimum absolute atomic E-state index is 0.251. The first-order chi connectivity index (χ1) is 14.2. The smallest absolute Gasteiger partial charge is 0.354 e. The fourth-order valence-corrected chi connectivity index (χ4v) is 4.69. The molecule has 1 saturated heterocycles. The Hall–Kier alpha value is -2.48. The van der Waals surface area contributed by atoms with Gasteiger partial charge in [0.25, 0.3) is 5.91 Å². The third kappa shape index (κ3) is 4.80. The molecule has 8 heteroatoms. The van der Waals surface area contributed by atoms with Gasteiger partial charge in [0, 0.05) is 17.9 Å². The van der Waals surface area contributed by atoms with Crippen LogP contribution in [0.25, 0.3) is 0 Å². The Kier molecular flexibility index (Phi) is 6.75. The SMILES string of the molecule is CCCNC(=O)C1CSC(c2ccc(C(F)(F)F)cc2)N1C(=O)c1ccc(C)cc1. The highest BCUT2D eigenvalue weighted by molar-refractivity contribution is 7.99. The molecule has 4 nitrogen and oxygen atoms in total. The number of carbonyl (C=O) groups is 2. The highest BCUT2D eigenvalue weighted by Gasteiger charge is 2.42. The average molecular weight is 436 g/mol. The van der Waals surface area contributed by atoms with Crippen molar-refractivity contribution in [3.8, 4) is 0 Å². The van der Waals surface area contributed by atoms with Crippen LogP contribution in [-0.2, 0) is 11.0 Å². The van der Waals surface area contributed by atoms with Crippen molar-refractivity contribution in [2.75, 3.05) is 12.3 Å². The Morgan fingerprint density at radius 3 is 2.30 bits per heavy atom. The summed E-state index contributed by atoms with van der Waals surface area (Å²) >= 11 is 1.38. The quantitative estimate of drug-likeness (QED) is 0.733. The van der Waals surface area contributed by atoms with Crippen molar-refractivity contribution in [2.45, 2.75) is 37.9 Å². The summed E-state index contributed by atoms with van der Waals surface area (Å²) in [6.45, 7) is 4.34. The van der Waals surface area contributed by atoms with E-state index in [9.17, 15) is 22.8 Å². The molecule has 1 heterocycles. The molecule has 2 unspecified atom stereocenters. The molecule has 1 aliphatic heterocycles. The van der Waals surface area contributed by atoms with E-state index in [1.54, 1.807) is 12.1 Å². The van der Waals surface area contributed by atoms with Gasteiger partial charge in [-0.2, -0.15) is 13.2 Å². The maximum atomic E-state index is 13.3. The zero-order chi connectivity index (χ0) is 21.9. The molecule has 0 aliphatic carbocycles. The van der Waals surface area contributed by atoms with Gasteiger partial charge in [-0.25, -0.2) is 0 Å². The highest BCUT2D eigenvalue weighted by atomic mass is 32.2. The zero-order valence-electron chi connectivity index (χ0n) is 16.7. The van der Waals surface area contributed by atoms with Crippen LogP contribution < -0.4 is 5.32 Å². The van der Waals surface area contributed by atoms with Crippen LogP contribution in [-0.4, -0.2) is 35.1 Å². The summed E-state index contributed by atoms with van der Waals surface area (Å²) in [5.74, 6) is -0.195. The predicted molar refractivity (Wildman–Crippen MR) is 111 cm³/mol. The maximum Gasteiger partial charge on any atom is 0.416 e. The van der Waals surface area contributed by atoms with Gasteiger partial charge in [-0.15, -0.1) is 11.8 Å². The van der Waals surface area contributed by atoms with Crippen molar-refractivity contribution in [3.05, 3.63) is 70.8 Å². The van der Waals surface area contributed by atoms with Gasteiger partial charge in [0.2, 0.25) is 5.91 Å². The lowest BCUT2D eigenvalue weighted by molar-refractivity contribution is -0.137. The topological polar surface area (TPSA) is 49.4 Å². The lowest BCUT2D eigenvalue weighted by Gasteiger charge is -2.29. The molecule has 1 aliphatic rings. The van der Waals surface area contributed by atoms with Crippen LogP contribution in [0, 0.1) is 6.92 Å². The number of halogens is 3. The summed E-state index contributed by atoms with van der Waals surface area (Å²) in [6, 6.07) is 11.1. The molecule has 1 fully saturated rings. The molecular weight excluding hydrogens is 413 g/mol. The van der Waals surface area contributed by atoms with Crippen LogP contribution in [0.1, 0.15) is 45.8 Å². The Bertz CT molecular complexity index is 898. The molecule has 0 bridgehead atoms. The Balaban J connectivity index is 1.93. The van der Waals surface area contributed by atoms with Crippen LogP contribution in [0.4, 0.5) is 13.2 Å². The summed E-state index contributed by atoms with van der Waals surface area (Å²) in [4.78, 5) is 27.5. The minimum Gasteiger partial charge on any atom is -0.354 e. The number of hydrogen-bond acceptors (Lipinski definition) is 3. The van der Waals surface area contributed by atoms with Gasteiger partial charge in [-0.3, -0.25) is 9.59 Å². The van der Waals surface area contributed by atoms with Crippen molar-refractivity contribution in [2.24, 2.45) is 0 Å². The molecule has 1 N–H and O–H groups in total.